The number of rotatable bonds is 11. The van der Waals surface area contributed by atoms with E-state index in [0.29, 0.717) is 17.5 Å². The highest BCUT2D eigenvalue weighted by Crippen LogP contribution is 2.52. The fourth-order valence-electron chi connectivity index (χ4n) is 15.4. The molecule has 0 amide bonds. The number of pyridine rings is 1. The third-order valence-corrected chi connectivity index (χ3v) is 20.2. The summed E-state index contributed by atoms with van der Waals surface area (Å²) in [4.78, 5) is 22.5. The van der Waals surface area contributed by atoms with Crippen LogP contribution in [-0.2, 0) is 0 Å². The van der Waals surface area contributed by atoms with Crippen LogP contribution in [0.3, 0.4) is 0 Å². The summed E-state index contributed by atoms with van der Waals surface area (Å²) < 4.78 is 7.24. The Bertz CT molecular complexity index is 6080. The number of aromatic nitrogens is 7. The van der Waals surface area contributed by atoms with Gasteiger partial charge < -0.3 is 13.7 Å². The van der Waals surface area contributed by atoms with E-state index in [2.05, 4.69) is 317 Å². The largest absolute Gasteiger partial charge is 0.309 e. The van der Waals surface area contributed by atoms with Gasteiger partial charge in [-0.15, -0.1) is 0 Å². The summed E-state index contributed by atoms with van der Waals surface area (Å²) in [5.74, 6) is 1.73. The van der Waals surface area contributed by atoms with Crippen LogP contribution in [0.2, 0.25) is 0 Å². The first-order valence-corrected chi connectivity index (χ1v) is 34.4. The van der Waals surface area contributed by atoms with Gasteiger partial charge >= 0.3 is 0 Å². The Morgan fingerprint density at radius 2 is 0.510 bits per heavy atom. The molecule has 0 saturated heterocycles. The molecule has 7 nitrogen and oxygen atoms in total. The van der Waals surface area contributed by atoms with Gasteiger partial charge in [-0.3, -0.25) is 0 Å². The molecule has 0 aliphatic heterocycles. The van der Waals surface area contributed by atoms with Crippen molar-refractivity contribution < 1.29 is 0 Å². The van der Waals surface area contributed by atoms with E-state index in [1.807, 2.05) is 36.4 Å². The summed E-state index contributed by atoms with van der Waals surface area (Å²) in [5, 5.41) is 7.42. The Labute approximate surface area is 581 Å². The Morgan fingerprint density at radius 1 is 0.210 bits per heavy atom. The van der Waals surface area contributed by atoms with Gasteiger partial charge in [0.2, 0.25) is 0 Å². The zero-order valence-electron chi connectivity index (χ0n) is 56.8. The van der Waals surface area contributed by atoms with Gasteiger partial charge in [0.1, 0.15) is 0 Å². The lowest BCUT2D eigenvalue weighted by molar-refractivity contribution is 1.07. The molecule has 0 fully saturated rings. The number of nitrogens with zero attached hydrogens (tertiary/aromatic N) is 7. The monoisotopic (exact) mass is 1280 g/mol. The maximum Gasteiger partial charge on any atom is 0.164 e. The lowest BCUT2D eigenvalue weighted by atomic mass is 9.81. The van der Waals surface area contributed by atoms with Crippen LogP contribution in [-0.4, -0.2) is 33.6 Å². The van der Waals surface area contributed by atoms with E-state index in [-0.39, 0.29) is 0 Å². The second kappa shape index (κ2) is 23.9. The van der Waals surface area contributed by atoms with E-state index in [9.17, 15) is 0 Å². The topological polar surface area (TPSA) is 66.3 Å². The highest BCUT2D eigenvalue weighted by molar-refractivity contribution is 6.13. The zero-order valence-corrected chi connectivity index (χ0v) is 56.8. The molecule has 0 saturated carbocycles. The molecular weight excluding hydrogens is 1220 g/mol. The van der Waals surface area contributed by atoms with Crippen LogP contribution in [0.1, 0.15) is 38.9 Å². The van der Waals surface area contributed by atoms with Crippen LogP contribution in [0.5, 0.6) is 0 Å². The molecule has 5 heterocycles. The number of hydrogen-bond acceptors (Lipinski definition) is 4. The average molecular weight is 1280 g/mol. The summed E-state index contributed by atoms with van der Waals surface area (Å²) in [7, 11) is 0. The average Bonchev–Trinajstić information content (AvgIpc) is 1.10. The number of benzene rings is 13. The zero-order chi connectivity index (χ0) is 67.4. The van der Waals surface area contributed by atoms with Crippen LogP contribution in [0.25, 0.3) is 173 Å². The van der Waals surface area contributed by atoms with Crippen molar-refractivity contribution in [3.63, 3.8) is 0 Å². The lowest BCUT2D eigenvalue weighted by Gasteiger charge is -2.25. The SMILES string of the molecule is Cc1ccc2c(c1)c1cc(C)ccc1n2-c1ccc(-c2nc(-c3ccc(-n4c5ccc(C)cc5c5cc(C)ccc54)cc3)c(-c3ccccc3C)c(-c3ccccc3-c3nc(-c4ccccc4)nc(-c4ccccc4)n3)c2-c2ccc(-n3c4ccc(C)cc4c4cc(C)ccc43)cc2)cc1. The highest BCUT2D eigenvalue weighted by atomic mass is 15.0. The van der Waals surface area contributed by atoms with Gasteiger partial charge in [0, 0.05) is 93.9 Å². The Hall–Kier alpha value is -12.6. The van der Waals surface area contributed by atoms with Gasteiger partial charge in [-0.05, 0) is 180 Å². The van der Waals surface area contributed by atoms with E-state index < -0.39 is 0 Å². The van der Waals surface area contributed by atoms with Crippen molar-refractivity contribution in [1.82, 2.24) is 33.6 Å². The van der Waals surface area contributed by atoms with Crippen LogP contribution in [0, 0.1) is 48.5 Å². The van der Waals surface area contributed by atoms with Crippen molar-refractivity contribution >= 4 is 65.4 Å². The molecule has 18 rings (SSSR count). The molecule has 0 atom stereocenters. The summed E-state index contributed by atoms with van der Waals surface area (Å²) >= 11 is 0. The van der Waals surface area contributed by atoms with Crippen molar-refractivity contribution in [3.8, 4) is 107 Å². The molecule has 0 bridgehead atoms. The quantitative estimate of drug-likeness (QED) is 0.129. The predicted octanol–water partition coefficient (Wildman–Crippen LogP) is 24.1. The molecule has 18 aromatic rings. The molecule has 0 aliphatic carbocycles. The minimum Gasteiger partial charge on any atom is -0.309 e. The van der Waals surface area contributed by atoms with Gasteiger partial charge in [-0.25, -0.2) is 19.9 Å². The second-order valence-corrected chi connectivity index (χ2v) is 27.1. The molecule has 0 N–H and O–H groups in total. The Morgan fingerprint density at radius 3 is 0.870 bits per heavy atom. The van der Waals surface area contributed by atoms with Crippen molar-refractivity contribution in [2.24, 2.45) is 0 Å². The Kier molecular flexibility index (Phi) is 14.3. The first-order chi connectivity index (χ1) is 48.9. The minimum absolute atomic E-state index is 0.555. The van der Waals surface area contributed by atoms with Crippen LogP contribution >= 0.6 is 0 Å². The first-order valence-electron chi connectivity index (χ1n) is 34.4. The molecule has 476 valence electrons. The van der Waals surface area contributed by atoms with Crippen LogP contribution < -0.4 is 0 Å². The fraction of sp³-hybridized carbons (Fsp3) is 0.0753. The van der Waals surface area contributed by atoms with Crippen LogP contribution in [0.4, 0.5) is 0 Å². The standard InChI is InChI=1S/C93H69N7/c1-56-26-44-80-74(50-56)75-51-57(2)27-45-81(75)98(80)68-38-32-63(33-39-68)86-87(72-24-16-17-25-73(72)93-96-91(66-19-10-8-11-20-66)95-92(97-93)67-21-12-9-13-22-67)88(71-23-15-14-18-62(71)7)90(65-36-42-70(43-37-65)100-84-48-30-60(5)54-78(84)79-55-61(6)31-49-85(79)100)94-89(86)64-34-40-69(41-35-64)99-82-46-28-58(3)52-76(82)77-53-59(4)29-47-83(77)99/h8-55H,1-7H3. The fourth-order valence-corrected chi connectivity index (χ4v) is 15.4. The Balaban J connectivity index is 0.948. The van der Waals surface area contributed by atoms with Gasteiger partial charge in [-0.2, -0.15) is 0 Å². The summed E-state index contributed by atoms with van der Waals surface area (Å²) in [6, 6.07) is 106. The molecule has 0 radical (unpaired) electrons. The molecule has 0 unspecified atom stereocenters. The third kappa shape index (κ3) is 10.1. The third-order valence-electron chi connectivity index (χ3n) is 20.2. The van der Waals surface area contributed by atoms with Crippen molar-refractivity contribution in [2.75, 3.05) is 0 Å². The molecule has 7 heteroatoms. The van der Waals surface area contributed by atoms with E-state index in [1.165, 1.54) is 65.7 Å². The van der Waals surface area contributed by atoms with Crippen molar-refractivity contribution in [3.05, 3.63) is 330 Å². The number of aryl methyl sites for hydroxylation is 7. The molecule has 0 spiro atoms. The molecule has 13 aromatic carbocycles. The molecule has 0 aliphatic rings. The van der Waals surface area contributed by atoms with E-state index in [4.69, 9.17) is 19.9 Å². The number of hydrogen-bond donors (Lipinski definition) is 0. The van der Waals surface area contributed by atoms with Crippen molar-refractivity contribution in [2.45, 2.75) is 48.5 Å². The summed E-state index contributed by atoms with van der Waals surface area (Å²) in [5.41, 5.74) is 30.9. The highest BCUT2D eigenvalue weighted by Gasteiger charge is 2.30. The maximum absolute atomic E-state index is 6.24. The normalized spacial score (nSPS) is 11.8. The first kappa shape index (κ1) is 59.9. The molecular formula is C93H69N7. The lowest BCUT2D eigenvalue weighted by Crippen LogP contribution is -2.05. The maximum atomic E-state index is 6.24. The summed E-state index contributed by atoms with van der Waals surface area (Å²) in [6.07, 6.45) is 0. The predicted molar refractivity (Wildman–Crippen MR) is 417 cm³/mol. The van der Waals surface area contributed by atoms with Crippen LogP contribution in [0.15, 0.2) is 291 Å². The van der Waals surface area contributed by atoms with E-state index in [0.717, 1.165) is 128 Å². The van der Waals surface area contributed by atoms with E-state index >= 15 is 0 Å². The molecule has 100 heavy (non-hydrogen) atoms. The smallest absolute Gasteiger partial charge is 0.164 e. The second-order valence-electron chi connectivity index (χ2n) is 27.1. The van der Waals surface area contributed by atoms with Gasteiger partial charge in [-0.1, -0.05) is 215 Å². The van der Waals surface area contributed by atoms with Gasteiger partial charge in [0.05, 0.1) is 44.5 Å². The summed E-state index contributed by atoms with van der Waals surface area (Å²) in [6.45, 7) is 15.3. The van der Waals surface area contributed by atoms with E-state index in [1.54, 1.807) is 0 Å². The minimum atomic E-state index is 0.555. The van der Waals surface area contributed by atoms with Gasteiger partial charge in [0.25, 0.3) is 0 Å². The number of fused-ring (bicyclic) bond motifs is 9. The molecule has 5 aromatic heterocycles. The van der Waals surface area contributed by atoms with Gasteiger partial charge in [0.15, 0.2) is 17.5 Å². The van der Waals surface area contributed by atoms with Crippen molar-refractivity contribution in [1.29, 1.82) is 0 Å².